The molecule has 0 aliphatic carbocycles. The van der Waals surface area contributed by atoms with Gasteiger partial charge in [0.1, 0.15) is 11.6 Å². The van der Waals surface area contributed by atoms with Crippen molar-refractivity contribution in [2.24, 2.45) is 0 Å². The lowest BCUT2D eigenvalue weighted by Gasteiger charge is -2.11. The molecule has 0 saturated carbocycles. The molecule has 5 heteroatoms. The fourth-order valence-electron chi connectivity index (χ4n) is 2.21. The van der Waals surface area contributed by atoms with Gasteiger partial charge in [-0.3, -0.25) is 9.36 Å². The lowest BCUT2D eigenvalue weighted by molar-refractivity contribution is 0.627. The molecule has 0 spiro atoms. The van der Waals surface area contributed by atoms with E-state index in [0.29, 0.717) is 28.1 Å². The Balaban J connectivity index is 2.36. The van der Waals surface area contributed by atoms with Crippen molar-refractivity contribution in [2.75, 3.05) is 5.73 Å². The van der Waals surface area contributed by atoms with Gasteiger partial charge < -0.3 is 5.73 Å². The summed E-state index contributed by atoms with van der Waals surface area (Å²) in [6.07, 6.45) is 0. The van der Waals surface area contributed by atoms with Gasteiger partial charge in [-0.25, -0.2) is 9.37 Å². The molecule has 1 heterocycles. The van der Waals surface area contributed by atoms with Gasteiger partial charge in [-0.05, 0) is 49.4 Å². The summed E-state index contributed by atoms with van der Waals surface area (Å²) in [6.45, 7) is 1.74. The number of rotatable bonds is 1. The summed E-state index contributed by atoms with van der Waals surface area (Å²) >= 11 is 0. The number of nitrogens with two attached hydrogens (primary N) is 1. The molecule has 0 aliphatic rings. The maximum absolute atomic E-state index is 13.0. The summed E-state index contributed by atoms with van der Waals surface area (Å²) in [7, 11) is 0. The molecule has 2 aromatic carbocycles. The molecule has 4 nitrogen and oxygen atoms in total. The second-order valence-corrected chi connectivity index (χ2v) is 4.55. The van der Waals surface area contributed by atoms with Crippen LogP contribution >= 0.6 is 0 Å². The Morgan fingerprint density at radius 3 is 2.55 bits per heavy atom. The van der Waals surface area contributed by atoms with Crippen LogP contribution in [0.4, 0.5) is 10.1 Å². The third-order valence-corrected chi connectivity index (χ3v) is 3.14. The van der Waals surface area contributed by atoms with Crippen molar-refractivity contribution in [3.8, 4) is 5.69 Å². The van der Waals surface area contributed by atoms with Gasteiger partial charge in [0, 0.05) is 5.69 Å². The normalized spacial score (nSPS) is 10.9. The summed E-state index contributed by atoms with van der Waals surface area (Å²) in [4.78, 5) is 17.0. The number of aryl methyl sites for hydroxylation is 1. The van der Waals surface area contributed by atoms with Crippen LogP contribution in [-0.4, -0.2) is 9.55 Å². The van der Waals surface area contributed by atoms with Crippen molar-refractivity contribution >= 4 is 16.6 Å². The van der Waals surface area contributed by atoms with Crippen molar-refractivity contribution in [3.05, 3.63) is 64.5 Å². The van der Waals surface area contributed by atoms with Crippen LogP contribution in [0.5, 0.6) is 0 Å². The van der Waals surface area contributed by atoms with E-state index in [-0.39, 0.29) is 11.4 Å². The maximum Gasteiger partial charge on any atom is 0.266 e. The highest BCUT2D eigenvalue weighted by Gasteiger charge is 2.10. The molecule has 0 atom stereocenters. The van der Waals surface area contributed by atoms with E-state index in [1.807, 2.05) is 0 Å². The van der Waals surface area contributed by atoms with Crippen LogP contribution in [0, 0.1) is 12.7 Å². The first-order chi connectivity index (χ1) is 9.56. The Bertz CT molecular complexity index is 853. The van der Waals surface area contributed by atoms with Gasteiger partial charge in [0.05, 0.1) is 16.6 Å². The zero-order valence-electron chi connectivity index (χ0n) is 10.8. The molecule has 1 aromatic heterocycles. The molecule has 0 saturated heterocycles. The van der Waals surface area contributed by atoms with Crippen molar-refractivity contribution in [1.29, 1.82) is 0 Å². The molecular formula is C15H12FN3O. The summed E-state index contributed by atoms with van der Waals surface area (Å²) in [5.74, 6) is 0.191. The lowest BCUT2D eigenvalue weighted by Crippen LogP contribution is -2.22. The number of anilines is 1. The topological polar surface area (TPSA) is 60.9 Å². The first-order valence-corrected chi connectivity index (χ1v) is 6.11. The maximum atomic E-state index is 13.0. The lowest BCUT2D eigenvalue weighted by atomic mass is 10.2. The van der Waals surface area contributed by atoms with Gasteiger partial charge in [0.2, 0.25) is 0 Å². The molecule has 20 heavy (non-hydrogen) atoms. The Kier molecular flexibility index (Phi) is 2.75. The molecule has 3 rings (SSSR count). The van der Waals surface area contributed by atoms with E-state index in [1.165, 1.54) is 16.7 Å². The SMILES string of the molecule is Cc1nc2ccc(N)cc2c(=O)n1-c1ccc(F)cc1. The van der Waals surface area contributed by atoms with Crippen LogP contribution in [0.15, 0.2) is 47.3 Å². The third-order valence-electron chi connectivity index (χ3n) is 3.14. The molecule has 0 radical (unpaired) electrons. The number of halogens is 1. The number of nitrogens with zero attached hydrogens (tertiary/aromatic N) is 2. The zero-order valence-corrected chi connectivity index (χ0v) is 10.8. The van der Waals surface area contributed by atoms with Crippen molar-refractivity contribution < 1.29 is 4.39 Å². The minimum atomic E-state index is -0.350. The molecule has 2 N–H and O–H groups in total. The first kappa shape index (κ1) is 12.3. The van der Waals surface area contributed by atoms with E-state index in [2.05, 4.69) is 4.98 Å². The average molecular weight is 269 g/mol. The number of nitrogen functional groups attached to an aromatic ring is 1. The third kappa shape index (κ3) is 1.93. The quantitative estimate of drug-likeness (QED) is 0.690. The molecule has 100 valence electrons. The highest BCUT2D eigenvalue weighted by atomic mass is 19.1. The Labute approximate surface area is 114 Å². The summed E-state index contributed by atoms with van der Waals surface area (Å²) in [5.41, 5.74) is 7.18. The van der Waals surface area contributed by atoms with Crippen LogP contribution in [0.3, 0.4) is 0 Å². The predicted molar refractivity (Wildman–Crippen MR) is 76.4 cm³/mol. The van der Waals surface area contributed by atoms with Crippen LogP contribution in [0.1, 0.15) is 5.82 Å². The molecular weight excluding hydrogens is 257 g/mol. The molecule has 0 fully saturated rings. The van der Waals surface area contributed by atoms with Crippen molar-refractivity contribution in [3.63, 3.8) is 0 Å². The second kappa shape index (κ2) is 4.45. The van der Waals surface area contributed by atoms with Crippen LogP contribution < -0.4 is 11.3 Å². The highest BCUT2D eigenvalue weighted by Crippen LogP contribution is 2.15. The van der Waals surface area contributed by atoms with E-state index in [0.717, 1.165) is 0 Å². The minimum Gasteiger partial charge on any atom is -0.399 e. The molecule has 0 aliphatic heterocycles. The molecule has 0 bridgehead atoms. The number of benzene rings is 2. The van der Waals surface area contributed by atoms with Crippen molar-refractivity contribution in [2.45, 2.75) is 6.92 Å². The minimum absolute atomic E-state index is 0.216. The van der Waals surface area contributed by atoms with Crippen LogP contribution in [-0.2, 0) is 0 Å². The van der Waals surface area contributed by atoms with Crippen molar-refractivity contribution in [1.82, 2.24) is 9.55 Å². The van der Waals surface area contributed by atoms with Gasteiger partial charge in [-0.2, -0.15) is 0 Å². The fourth-order valence-corrected chi connectivity index (χ4v) is 2.21. The van der Waals surface area contributed by atoms with E-state index >= 15 is 0 Å². The van der Waals surface area contributed by atoms with E-state index in [9.17, 15) is 9.18 Å². The predicted octanol–water partition coefficient (Wildman–Crippen LogP) is 2.42. The number of aromatic nitrogens is 2. The number of hydrogen-bond donors (Lipinski definition) is 1. The van der Waals surface area contributed by atoms with E-state index < -0.39 is 0 Å². The summed E-state index contributed by atoms with van der Waals surface area (Å²) in [6, 6.07) is 10.7. The van der Waals surface area contributed by atoms with E-state index in [1.54, 1.807) is 37.3 Å². The smallest absolute Gasteiger partial charge is 0.266 e. The van der Waals surface area contributed by atoms with Crippen LogP contribution in [0.2, 0.25) is 0 Å². The number of fused-ring (bicyclic) bond motifs is 1. The number of hydrogen-bond acceptors (Lipinski definition) is 3. The largest absolute Gasteiger partial charge is 0.399 e. The summed E-state index contributed by atoms with van der Waals surface area (Å²) < 4.78 is 14.4. The fraction of sp³-hybridized carbons (Fsp3) is 0.0667. The molecule has 0 amide bonds. The van der Waals surface area contributed by atoms with Gasteiger partial charge in [0.15, 0.2) is 0 Å². The van der Waals surface area contributed by atoms with Gasteiger partial charge in [-0.15, -0.1) is 0 Å². The monoisotopic (exact) mass is 269 g/mol. The summed E-state index contributed by atoms with van der Waals surface area (Å²) in [5, 5.41) is 0.444. The van der Waals surface area contributed by atoms with Gasteiger partial charge >= 0.3 is 0 Å². The Morgan fingerprint density at radius 2 is 1.85 bits per heavy atom. The first-order valence-electron chi connectivity index (χ1n) is 6.11. The highest BCUT2D eigenvalue weighted by molar-refractivity contribution is 5.81. The van der Waals surface area contributed by atoms with Gasteiger partial charge in [0.25, 0.3) is 5.56 Å². The van der Waals surface area contributed by atoms with E-state index in [4.69, 9.17) is 5.73 Å². The second-order valence-electron chi connectivity index (χ2n) is 4.55. The Morgan fingerprint density at radius 1 is 1.15 bits per heavy atom. The molecule has 0 unspecified atom stereocenters. The Hall–Kier alpha value is -2.69. The zero-order chi connectivity index (χ0) is 14.3. The van der Waals surface area contributed by atoms with Gasteiger partial charge in [-0.1, -0.05) is 0 Å². The average Bonchev–Trinajstić information content (AvgIpc) is 2.42. The molecule has 3 aromatic rings. The standard InChI is InChI=1S/C15H12FN3O/c1-9-18-14-7-4-11(17)8-13(14)15(20)19(9)12-5-2-10(16)3-6-12/h2-8H,17H2,1H3. The van der Waals surface area contributed by atoms with Crippen LogP contribution in [0.25, 0.3) is 16.6 Å².